The summed E-state index contributed by atoms with van der Waals surface area (Å²) in [7, 11) is 2.49. The molecule has 3 nitrogen and oxygen atoms in total. The van der Waals surface area contributed by atoms with Crippen LogP contribution in [0, 0.1) is 0 Å². The van der Waals surface area contributed by atoms with E-state index in [0.717, 1.165) is 0 Å². The van der Waals surface area contributed by atoms with E-state index >= 15 is 0 Å². The van der Waals surface area contributed by atoms with Crippen LogP contribution >= 0.6 is 0 Å². The number of carboxylic acid groups (broad SMARTS) is 1. The van der Waals surface area contributed by atoms with E-state index in [1.165, 1.54) is 14.1 Å². The Balaban J connectivity index is 5.12. The summed E-state index contributed by atoms with van der Waals surface area (Å²) >= 11 is 0. The molecule has 0 aliphatic heterocycles. The summed E-state index contributed by atoms with van der Waals surface area (Å²) in [4.78, 5) is 10.4. The molecule has 150 valence electrons. The Labute approximate surface area is 135 Å². The van der Waals surface area contributed by atoms with Gasteiger partial charge >= 0.3 is 23.9 Å². The van der Waals surface area contributed by atoms with E-state index in [-0.39, 0.29) is 6.54 Å². The summed E-state index contributed by atoms with van der Waals surface area (Å²) in [5.74, 6) is -22.0. The molecule has 1 atom stereocenters. The maximum atomic E-state index is 13.4. The van der Waals surface area contributed by atoms with Crippen molar-refractivity contribution in [1.82, 2.24) is 0 Å². The van der Waals surface area contributed by atoms with E-state index in [4.69, 9.17) is 0 Å². The maximum Gasteiger partial charge on any atom is 0.460 e. The van der Waals surface area contributed by atoms with Gasteiger partial charge in [-0.2, -0.15) is 39.5 Å². The molecule has 0 aliphatic rings. The lowest BCUT2D eigenvalue weighted by Gasteiger charge is -2.35. The van der Waals surface area contributed by atoms with E-state index in [0.29, 0.717) is 0 Å². The van der Waals surface area contributed by atoms with Gasteiger partial charge in [0.25, 0.3) is 0 Å². The van der Waals surface area contributed by atoms with Gasteiger partial charge in [0.2, 0.25) is 0 Å². The zero-order valence-corrected chi connectivity index (χ0v) is 12.9. The third-order valence-corrected chi connectivity index (χ3v) is 3.34. The zero-order chi connectivity index (χ0) is 20.5. The summed E-state index contributed by atoms with van der Waals surface area (Å²) in [6.45, 7) is -0.999. The predicted octanol–water partition coefficient (Wildman–Crippen LogP) is 2.40. The molecule has 0 aromatic carbocycles. The monoisotopic (exact) mass is 395 g/mol. The summed E-state index contributed by atoms with van der Waals surface area (Å²) < 4.78 is 126. The molecule has 0 spiro atoms. The molecule has 0 amide bonds. The Hall–Kier alpha value is -1.27. The average Bonchev–Trinajstić information content (AvgIpc) is 2.34. The molecule has 25 heavy (non-hydrogen) atoms. The molecule has 0 heterocycles. The predicted molar refractivity (Wildman–Crippen MR) is 61.9 cm³/mol. The Morgan fingerprint density at radius 3 is 1.76 bits per heavy atom. The van der Waals surface area contributed by atoms with Gasteiger partial charge in [0, 0.05) is 0 Å². The maximum absolute atomic E-state index is 13.4. The molecular formula is C12H15F10NO2. The molecule has 0 N–H and O–H groups in total. The number of halogens is 10. The second-order valence-electron chi connectivity index (χ2n) is 6.07. The number of likely N-dealkylation sites (N-methyl/N-ethyl adjacent to an activating group) is 1. The van der Waals surface area contributed by atoms with Crippen molar-refractivity contribution in [3.05, 3.63) is 0 Å². The second-order valence-corrected chi connectivity index (χ2v) is 6.07. The summed E-state index contributed by atoms with van der Waals surface area (Å²) in [5.41, 5.74) is 0. The normalized spacial score (nSPS) is 16.0. The van der Waals surface area contributed by atoms with Crippen molar-refractivity contribution in [2.75, 3.05) is 27.2 Å². The Bertz CT molecular complexity index is 475. The first-order chi connectivity index (χ1) is 10.8. The van der Waals surface area contributed by atoms with Gasteiger partial charge in [-0.1, -0.05) is 0 Å². The lowest BCUT2D eigenvalue weighted by molar-refractivity contribution is -0.885. The summed E-state index contributed by atoms with van der Waals surface area (Å²) in [6.07, 6.45) is -13.2. The third-order valence-electron chi connectivity index (χ3n) is 3.34. The van der Waals surface area contributed by atoms with E-state index in [9.17, 15) is 53.8 Å². The molecule has 0 aliphatic carbocycles. The minimum atomic E-state index is -7.14. The topological polar surface area (TPSA) is 40.1 Å². The number of carboxylic acids is 1. The number of carbonyl (C=O) groups excluding carboxylic acids is 1. The van der Waals surface area contributed by atoms with Crippen LogP contribution in [0.5, 0.6) is 0 Å². The number of carbonyl (C=O) groups is 1. The minimum absolute atomic E-state index is 0.355. The largest absolute Gasteiger partial charge is 0.544 e. The zero-order valence-electron chi connectivity index (χ0n) is 12.9. The number of hydrogen-bond donors (Lipinski definition) is 0. The quantitative estimate of drug-likeness (QED) is 0.445. The van der Waals surface area contributed by atoms with Gasteiger partial charge in [-0.15, -0.1) is 0 Å². The molecular weight excluding hydrogens is 380 g/mol. The Morgan fingerprint density at radius 2 is 1.40 bits per heavy atom. The molecule has 0 aromatic rings. The van der Waals surface area contributed by atoms with Gasteiger partial charge in [0.1, 0.15) is 6.54 Å². The molecule has 0 saturated heterocycles. The first-order valence-electron chi connectivity index (χ1n) is 6.65. The fourth-order valence-electron chi connectivity index (χ4n) is 1.89. The van der Waals surface area contributed by atoms with Crippen molar-refractivity contribution in [3.63, 3.8) is 0 Å². The van der Waals surface area contributed by atoms with Crippen molar-refractivity contribution in [3.8, 4) is 0 Å². The molecule has 13 heteroatoms. The first-order valence-corrected chi connectivity index (χ1v) is 6.65. The third kappa shape index (κ3) is 5.11. The number of hydrogen-bond acceptors (Lipinski definition) is 2. The van der Waals surface area contributed by atoms with E-state index < -0.39 is 60.0 Å². The standard InChI is InChI=1S/C12H15F10NO2/c1-23(2,6-8(24)25)5-3-4-7(13)9(14,15)10(16,17)11(18,19)12(20,21)22/h7H,3-6H2,1-2H3. The SMILES string of the molecule is C[N+](C)(CCCC(F)C(F)(F)C(F)(F)C(F)(F)C(F)(F)F)CC(=O)[O-]. The number of aliphatic carboxylic acids is 1. The Morgan fingerprint density at radius 1 is 0.960 bits per heavy atom. The fourth-order valence-corrected chi connectivity index (χ4v) is 1.89. The van der Waals surface area contributed by atoms with E-state index in [2.05, 4.69) is 0 Å². The van der Waals surface area contributed by atoms with Crippen LogP contribution in [0.25, 0.3) is 0 Å². The highest BCUT2D eigenvalue weighted by Crippen LogP contribution is 2.54. The second kappa shape index (κ2) is 7.16. The smallest absolute Gasteiger partial charge is 0.460 e. The molecule has 1 unspecified atom stereocenters. The van der Waals surface area contributed by atoms with Gasteiger partial charge in [-0.05, 0) is 12.8 Å². The van der Waals surface area contributed by atoms with Crippen molar-refractivity contribution in [2.45, 2.75) is 43.0 Å². The molecule has 0 fully saturated rings. The van der Waals surface area contributed by atoms with Gasteiger partial charge in [0.15, 0.2) is 6.17 Å². The number of rotatable bonds is 9. The number of quaternary nitrogens is 1. The fraction of sp³-hybridized carbons (Fsp3) is 0.917. The molecule has 0 saturated carbocycles. The van der Waals surface area contributed by atoms with Crippen LogP contribution in [0.1, 0.15) is 12.8 Å². The van der Waals surface area contributed by atoms with Crippen LogP contribution in [0.3, 0.4) is 0 Å². The van der Waals surface area contributed by atoms with Crippen LogP contribution in [0.15, 0.2) is 0 Å². The van der Waals surface area contributed by atoms with Gasteiger partial charge in [-0.3, -0.25) is 0 Å². The molecule has 0 bridgehead atoms. The van der Waals surface area contributed by atoms with Crippen LogP contribution < -0.4 is 5.11 Å². The average molecular weight is 395 g/mol. The van der Waals surface area contributed by atoms with Gasteiger partial charge in [-0.25, -0.2) is 4.39 Å². The highest BCUT2D eigenvalue weighted by atomic mass is 19.4. The molecule has 0 rings (SSSR count). The Kier molecular flexibility index (Phi) is 6.79. The lowest BCUT2D eigenvalue weighted by Crippen LogP contribution is -2.63. The van der Waals surface area contributed by atoms with Crippen molar-refractivity contribution < 1.29 is 58.3 Å². The van der Waals surface area contributed by atoms with Crippen molar-refractivity contribution in [1.29, 1.82) is 0 Å². The van der Waals surface area contributed by atoms with Gasteiger partial charge < -0.3 is 14.4 Å². The van der Waals surface area contributed by atoms with Crippen LogP contribution in [-0.2, 0) is 4.79 Å². The van der Waals surface area contributed by atoms with E-state index in [1.54, 1.807) is 0 Å². The molecule has 0 aromatic heterocycles. The van der Waals surface area contributed by atoms with Crippen molar-refractivity contribution in [2.24, 2.45) is 0 Å². The lowest BCUT2D eigenvalue weighted by atomic mass is 9.97. The summed E-state index contributed by atoms with van der Waals surface area (Å²) in [5, 5.41) is 10.4. The molecule has 0 radical (unpaired) electrons. The highest BCUT2D eigenvalue weighted by Gasteiger charge is 2.83. The highest BCUT2D eigenvalue weighted by molar-refractivity contribution is 5.65. The number of alkyl halides is 10. The van der Waals surface area contributed by atoms with Crippen molar-refractivity contribution >= 4 is 5.97 Å². The van der Waals surface area contributed by atoms with E-state index in [1.807, 2.05) is 0 Å². The number of nitrogens with zero attached hydrogens (tertiary/aromatic N) is 1. The van der Waals surface area contributed by atoms with Crippen LogP contribution in [-0.4, -0.2) is 67.8 Å². The summed E-state index contributed by atoms with van der Waals surface area (Å²) in [6, 6.07) is 0. The van der Waals surface area contributed by atoms with Crippen LogP contribution in [0.4, 0.5) is 43.9 Å². The minimum Gasteiger partial charge on any atom is -0.544 e. The van der Waals surface area contributed by atoms with Gasteiger partial charge in [0.05, 0.1) is 26.6 Å². The van der Waals surface area contributed by atoms with Crippen LogP contribution in [0.2, 0.25) is 0 Å². The first kappa shape index (κ1) is 23.7.